The number of hydrogen-bond donors (Lipinski definition) is 1. The van der Waals surface area contributed by atoms with Crippen molar-refractivity contribution in [2.24, 2.45) is 0 Å². The van der Waals surface area contributed by atoms with Gasteiger partial charge in [0.2, 0.25) is 0 Å². The number of carbonyl (C=O) groups excluding carboxylic acids is 1. The maximum atomic E-state index is 11.4. The molecule has 0 unspecified atom stereocenters. The summed E-state index contributed by atoms with van der Waals surface area (Å²) in [6, 6.07) is 3.81. The molecule has 4 heteroatoms. The number of carbonyl (C=O) groups is 1. The number of phenolic OH excluding ortho intramolecular Hbond substituents is 1. The van der Waals surface area contributed by atoms with Gasteiger partial charge in [-0.2, -0.15) is 0 Å². The third-order valence-corrected chi connectivity index (χ3v) is 3.69. The van der Waals surface area contributed by atoms with Crippen LogP contribution in [0.25, 0.3) is 0 Å². The number of aromatic hydroxyl groups is 1. The van der Waals surface area contributed by atoms with E-state index in [1.807, 2.05) is 32.9 Å². The van der Waals surface area contributed by atoms with Crippen LogP contribution >= 0.6 is 0 Å². The van der Waals surface area contributed by atoms with Gasteiger partial charge in [0.15, 0.2) is 0 Å². The molecule has 0 aliphatic rings. The molecule has 0 radical (unpaired) electrons. The Morgan fingerprint density at radius 3 is 2.52 bits per heavy atom. The van der Waals surface area contributed by atoms with Crippen molar-refractivity contribution in [3.8, 4) is 11.5 Å². The quantitative estimate of drug-likeness (QED) is 0.695. The molecule has 2 rings (SSSR count). The minimum Gasteiger partial charge on any atom is -0.507 e. The molecule has 0 spiro atoms. The van der Waals surface area contributed by atoms with Gasteiger partial charge in [-0.15, -0.1) is 0 Å². The van der Waals surface area contributed by atoms with E-state index in [2.05, 4.69) is 4.98 Å². The number of hydrogen-bond acceptors (Lipinski definition) is 4. The molecule has 0 saturated carbocycles. The van der Waals surface area contributed by atoms with Crippen LogP contribution in [0, 0.1) is 20.8 Å². The van der Waals surface area contributed by atoms with Gasteiger partial charge in [-0.05, 0) is 49.1 Å². The van der Waals surface area contributed by atoms with Crippen molar-refractivity contribution in [1.82, 2.24) is 4.98 Å². The predicted molar refractivity (Wildman–Crippen MR) is 80.7 cm³/mol. The zero-order valence-electron chi connectivity index (χ0n) is 12.7. The van der Waals surface area contributed by atoms with Gasteiger partial charge in [-0.25, -0.2) is 0 Å². The van der Waals surface area contributed by atoms with Crippen LogP contribution in [0.5, 0.6) is 11.5 Å². The highest BCUT2D eigenvalue weighted by atomic mass is 16.5. The lowest BCUT2D eigenvalue weighted by Crippen LogP contribution is -2.09. The number of aromatic nitrogens is 1. The van der Waals surface area contributed by atoms with Crippen molar-refractivity contribution in [3.63, 3.8) is 0 Å². The third kappa shape index (κ3) is 3.05. The fourth-order valence-electron chi connectivity index (χ4n) is 2.37. The average Bonchev–Trinajstić information content (AvgIpc) is 2.47. The van der Waals surface area contributed by atoms with Gasteiger partial charge in [-0.3, -0.25) is 9.78 Å². The molecule has 0 saturated heterocycles. The first-order valence-electron chi connectivity index (χ1n) is 6.80. The molecule has 1 aromatic carbocycles. The van der Waals surface area contributed by atoms with Crippen molar-refractivity contribution in [2.45, 2.75) is 34.1 Å². The fourth-order valence-corrected chi connectivity index (χ4v) is 2.37. The Bertz CT molecular complexity index is 678. The number of esters is 1. The summed E-state index contributed by atoms with van der Waals surface area (Å²) in [6.45, 7) is 6.88. The van der Waals surface area contributed by atoms with Crippen molar-refractivity contribution in [3.05, 3.63) is 52.3 Å². The van der Waals surface area contributed by atoms with Gasteiger partial charge < -0.3 is 9.84 Å². The molecule has 0 fully saturated rings. The Morgan fingerprint density at radius 1 is 1.24 bits per heavy atom. The van der Waals surface area contributed by atoms with Crippen molar-refractivity contribution in [2.75, 3.05) is 0 Å². The molecule has 21 heavy (non-hydrogen) atoms. The molecule has 1 N–H and O–H groups in total. The second kappa shape index (κ2) is 5.95. The van der Waals surface area contributed by atoms with Gasteiger partial charge in [0.05, 0.1) is 0 Å². The highest BCUT2D eigenvalue weighted by Gasteiger charge is 2.19. The van der Waals surface area contributed by atoms with E-state index in [4.69, 9.17) is 4.74 Å². The summed E-state index contributed by atoms with van der Waals surface area (Å²) in [5.74, 6) is 0.427. The number of ether oxygens (including phenoxy) is 1. The van der Waals surface area contributed by atoms with E-state index < -0.39 is 0 Å². The number of nitrogens with zero attached hydrogens (tertiary/aromatic N) is 1. The van der Waals surface area contributed by atoms with Crippen LogP contribution < -0.4 is 4.74 Å². The molecule has 110 valence electrons. The van der Waals surface area contributed by atoms with Crippen LogP contribution in [-0.2, 0) is 11.2 Å². The van der Waals surface area contributed by atoms with E-state index in [9.17, 15) is 9.90 Å². The minimum absolute atomic E-state index is 0.252. The van der Waals surface area contributed by atoms with Crippen LogP contribution in [0.3, 0.4) is 0 Å². The van der Waals surface area contributed by atoms with Crippen LogP contribution in [0.15, 0.2) is 24.5 Å². The summed E-state index contributed by atoms with van der Waals surface area (Å²) in [5.41, 5.74) is 4.07. The minimum atomic E-state index is -0.366. The lowest BCUT2D eigenvalue weighted by atomic mass is 9.93. The molecule has 0 atom stereocenters. The summed E-state index contributed by atoms with van der Waals surface area (Å²) in [5, 5.41) is 10.2. The Hall–Kier alpha value is -2.36. The van der Waals surface area contributed by atoms with E-state index in [-0.39, 0.29) is 11.7 Å². The van der Waals surface area contributed by atoms with Crippen molar-refractivity contribution < 1.29 is 14.6 Å². The van der Waals surface area contributed by atoms with Crippen LogP contribution in [0.1, 0.15) is 34.7 Å². The van der Waals surface area contributed by atoms with E-state index in [0.29, 0.717) is 12.2 Å². The van der Waals surface area contributed by atoms with Crippen LogP contribution in [0.2, 0.25) is 0 Å². The SMILES string of the molecule is CC(=O)Oc1c(C)c(C)c(O)c(C)c1Cc1cccnc1. The zero-order chi connectivity index (χ0) is 15.6. The van der Waals surface area contributed by atoms with Gasteiger partial charge in [0.25, 0.3) is 0 Å². The van der Waals surface area contributed by atoms with E-state index in [1.54, 1.807) is 12.4 Å². The lowest BCUT2D eigenvalue weighted by Gasteiger charge is -2.18. The number of benzene rings is 1. The molecular weight excluding hydrogens is 266 g/mol. The summed E-state index contributed by atoms with van der Waals surface area (Å²) in [6.07, 6.45) is 4.03. The number of pyridine rings is 1. The van der Waals surface area contributed by atoms with Crippen LogP contribution in [-0.4, -0.2) is 16.1 Å². The first-order valence-corrected chi connectivity index (χ1v) is 6.80. The highest BCUT2D eigenvalue weighted by molar-refractivity contribution is 5.72. The van der Waals surface area contributed by atoms with Gasteiger partial charge in [0.1, 0.15) is 11.5 Å². The molecule has 1 heterocycles. The maximum Gasteiger partial charge on any atom is 0.308 e. The summed E-state index contributed by atoms with van der Waals surface area (Å²) < 4.78 is 5.39. The molecule has 1 aromatic heterocycles. The fraction of sp³-hybridized carbons (Fsp3) is 0.294. The average molecular weight is 285 g/mol. The monoisotopic (exact) mass is 285 g/mol. The second-order valence-electron chi connectivity index (χ2n) is 5.16. The predicted octanol–water partition coefficient (Wildman–Crippen LogP) is 3.23. The van der Waals surface area contributed by atoms with Gasteiger partial charge in [0, 0.05) is 31.3 Å². The topological polar surface area (TPSA) is 59.4 Å². The summed E-state index contributed by atoms with van der Waals surface area (Å²) in [7, 11) is 0. The zero-order valence-corrected chi connectivity index (χ0v) is 12.7. The van der Waals surface area contributed by atoms with E-state index >= 15 is 0 Å². The van der Waals surface area contributed by atoms with Crippen LogP contribution in [0.4, 0.5) is 0 Å². The smallest absolute Gasteiger partial charge is 0.308 e. The van der Waals surface area contributed by atoms with E-state index in [0.717, 1.165) is 27.8 Å². The third-order valence-electron chi connectivity index (χ3n) is 3.69. The first-order chi connectivity index (χ1) is 9.91. The number of rotatable bonds is 3. The summed E-state index contributed by atoms with van der Waals surface area (Å²) >= 11 is 0. The van der Waals surface area contributed by atoms with Crippen molar-refractivity contribution >= 4 is 5.97 Å². The molecule has 0 aliphatic carbocycles. The summed E-state index contributed by atoms with van der Waals surface area (Å²) in [4.78, 5) is 15.5. The molecule has 4 nitrogen and oxygen atoms in total. The highest BCUT2D eigenvalue weighted by Crippen LogP contribution is 2.38. The molecule has 0 amide bonds. The normalized spacial score (nSPS) is 10.5. The Balaban J connectivity index is 2.59. The lowest BCUT2D eigenvalue weighted by molar-refractivity contribution is -0.132. The van der Waals surface area contributed by atoms with Crippen molar-refractivity contribution in [1.29, 1.82) is 0 Å². The largest absolute Gasteiger partial charge is 0.507 e. The second-order valence-corrected chi connectivity index (χ2v) is 5.16. The Kier molecular flexibility index (Phi) is 4.26. The van der Waals surface area contributed by atoms with Gasteiger partial charge >= 0.3 is 5.97 Å². The molecule has 2 aromatic rings. The Labute approximate surface area is 124 Å². The number of phenols is 1. The maximum absolute atomic E-state index is 11.4. The standard InChI is InChI=1S/C17H19NO3/c1-10-11(2)17(21-13(4)19)15(12(3)16(10)20)8-14-6-5-7-18-9-14/h5-7,9,20H,8H2,1-4H3. The molecule has 0 aliphatic heterocycles. The molecule has 0 bridgehead atoms. The molecular formula is C17H19NO3. The van der Waals surface area contributed by atoms with Gasteiger partial charge in [-0.1, -0.05) is 6.07 Å². The first kappa shape index (κ1) is 15.0. The Morgan fingerprint density at radius 2 is 1.95 bits per heavy atom. The van der Waals surface area contributed by atoms with E-state index in [1.165, 1.54) is 6.92 Å².